The summed E-state index contributed by atoms with van der Waals surface area (Å²) in [4.78, 5) is 7.23. The van der Waals surface area contributed by atoms with Gasteiger partial charge in [-0.05, 0) is 13.0 Å². The Morgan fingerprint density at radius 3 is 2.52 bits per heavy atom. The second-order valence-corrected chi connectivity index (χ2v) is 5.22. The fourth-order valence-electron chi connectivity index (χ4n) is 2.06. The molecule has 1 aromatic heterocycles. The summed E-state index contributed by atoms with van der Waals surface area (Å²) in [5.41, 5.74) is -2.12. The minimum atomic E-state index is -1.81. The Balaban J connectivity index is 2.49. The molecule has 1 aromatic carbocycles. The van der Waals surface area contributed by atoms with Gasteiger partial charge in [0.2, 0.25) is 0 Å². The molecule has 0 unspecified atom stereocenters. The maximum Gasteiger partial charge on any atom is 0.182 e. The zero-order chi connectivity index (χ0) is 15.8. The van der Waals surface area contributed by atoms with Gasteiger partial charge in [0.15, 0.2) is 11.0 Å². The van der Waals surface area contributed by atoms with E-state index in [0.29, 0.717) is 6.07 Å². The third-order valence-corrected chi connectivity index (χ3v) is 3.77. The Morgan fingerprint density at radius 1 is 1.24 bits per heavy atom. The van der Waals surface area contributed by atoms with Gasteiger partial charge in [-0.3, -0.25) is 0 Å². The first-order chi connectivity index (χ1) is 9.75. The first-order valence-electron chi connectivity index (χ1n) is 6.09. The molecule has 0 bridgehead atoms. The van der Waals surface area contributed by atoms with E-state index in [1.165, 1.54) is 13.8 Å². The number of hydrogen-bond donors (Lipinski definition) is 1. The largest absolute Gasteiger partial charge is 0.385 e. The zero-order valence-corrected chi connectivity index (χ0v) is 12.0. The second kappa shape index (κ2) is 5.61. The van der Waals surface area contributed by atoms with Crippen LogP contribution in [0.25, 0.3) is 0 Å². The van der Waals surface area contributed by atoms with Crippen molar-refractivity contribution in [1.82, 2.24) is 9.97 Å². The lowest BCUT2D eigenvalue weighted by molar-refractivity contribution is 0.0262. The van der Waals surface area contributed by atoms with E-state index in [0.717, 1.165) is 18.5 Å². The molecule has 21 heavy (non-hydrogen) atoms. The molecule has 3 nitrogen and oxygen atoms in total. The average Bonchev–Trinajstić information content (AvgIpc) is 2.40. The number of aromatic nitrogens is 2. The van der Waals surface area contributed by atoms with Gasteiger partial charge in [0, 0.05) is 17.5 Å². The van der Waals surface area contributed by atoms with E-state index in [1.54, 1.807) is 0 Å². The monoisotopic (exact) mass is 316 g/mol. The van der Waals surface area contributed by atoms with Crippen molar-refractivity contribution in [3.05, 3.63) is 58.4 Å². The Morgan fingerprint density at radius 2 is 1.90 bits per heavy atom. The Kier molecular flexibility index (Phi) is 4.20. The van der Waals surface area contributed by atoms with Crippen LogP contribution in [0.5, 0.6) is 0 Å². The summed E-state index contributed by atoms with van der Waals surface area (Å²) < 4.78 is 40.7. The van der Waals surface area contributed by atoms with Crippen molar-refractivity contribution in [2.75, 3.05) is 0 Å². The van der Waals surface area contributed by atoms with Gasteiger partial charge in [-0.1, -0.05) is 24.6 Å². The molecule has 0 aliphatic rings. The maximum absolute atomic E-state index is 13.9. The fourth-order valence-corrected chi connectivity index (χ4v) is 2.20. The molecule has 2 atom stereocenters. The highest BCUT2D eigenvalue weighted by Gasteiger charge is 2.37. The van der Waals surface area contributed by atoms with Gasteiger partial charge in [0.1, 0.15) is 18.0 Å². The Bertz CT molecular complexity index is 679. The second-order valence-electron chi connectivity index (χ2n) is 4.86. The van der Waals surface area contributed by atoms with Crippen molar-refractivity contribution >= 4 is 11.6 Å². The van der Waals surface area contributed by atoms with Gasteiger partial charge in [-0.2, -0.15) is 0 Å². The lowest BCUT2D eigenvalue weighted by Crippen LogP contribution is -2.31. The number of benzene rings is 1. The minimum Gasteiger partial charge on any atom is -0.385 e. The summed E-state index contributed by atoms with van der Waals surface area (Å²) in [7, 11) is 0. The van der Waals surface area contributed by atoms with E-state index in [1.807, 2.05) is 0 Å². The summed E-state index contributed by atoms with van der Waals surface area (Å²) in [5, 5.41) is 10.2. The van der Waals surface area contributed by atoms with Crippen molar-refractivity contribution in [2.24, 2.45) is 0 Å². The highest BCUT2D eigenvalue weighted by Crippen LogP contribution is 2.38. The normalized spacial score (nSPS) is 15.6. The van der Waals surface area contributed by atoms with Crippen LogP contribution in [-0.4, -0.2) is 15.1 Å². The van der Waals surface area contributed by atoms with Gasteiger partial charge in [0.25, 0.3) is 0 Å². The highest BCUT2D eigenvalue weighted by atomic mass is 35.5. The smallest absolute Gasteiger partial charge is 0.182 e. The van der Waals surface area contributed by atoms with Crippen molar-refractivity contribution in [2.45, 2.75) is 25.4 Å². The number of nitrogens with zero attached hydrogens (tertiary/aromatic N) is 2. The van der Waals surface area contributed by atoms with E-state index in [2.05, 4.69) is 9.97 Å². The van der Waals surface area contributed by atoms with Gasteiger partial charge >= 0.3 is 0 Å². The Labute approximate surface area is 124 Å². The standard InChI is InChI=1S/C14H12ClF3N2O/c1-7(12-11(18)13(15)20-6-19-12)14(2,21)9-4-3-8(16)5-10(9)17/h3-7,21H,1-2H3/t7-,14+/m1/s1. The molecule has 0 saturated heterocycles. The number of aliphatic hydroxyl groups is 1. The fraction of sp³-hybridized carbons (Fsp3) is 0.286. The van der Waals surface area contributed by atoms with E-state index >= 15 is 0 Å². The van der Waals surface area contributed by atoms with Crippen molar-refractivity contribution in [3.63, 3.8) is 0 Å². The molecule has 0 amide bonds. The van der Waals surface area contributed by atoms with E-state index in [-0.39, 0.29) is 16.4 Å². The van der Waals surface area contributed by atoms with Gasteiger partial charge < -0.3 is 5.11 Å². The van der Waals surface area contributed by atoms with Crippen LogP contribution in [0.1, 0.15) is 31.0 Å². The molecule has 0 fully saturated rings. The van der Waals surface area contributed by atoms with Crippen LogP contribution < -0.4 is 0 Å². The maximum atomic E-state index is 13.9. The molecule has 0 aliphatic heterocycles. The molecule has 0 radical (unpaired) electrons. The number of rotatable bonds is 3. The topological polar surface area (TPSA) is 46.0 Å². The molecule has 1 N–H and O–H groups in total. The van der Waals surface area contributed by atoms with Crippen molar-refractivity contribution in [3.8, 4) is 0 Å². The van der Waals surface area contributed by atoms with Crippen LogP contribution in [0.15, 0.2) is 24.5 Å². The summed E-state index contributed by atoms with van der Waals surface area (Å²) in [5.74, 6) is -3.50. The first-order valence-corrected chi connectivity index (χ1v) is 6.46. The lowest BCUT2D eigenvalue weighted by atomic mass is 9.81. The van der Waals surface area contributed by atoms with Gasteiger partial charge in [-0.25, -0.2) is 23.1 Å². The molecule has 2 rings (SSSR count). The van der Waals surface area contributed by atoms with Crippen molar-refractivity contribution < 1.29 is 18.3 Å². The van der Waals surface area contributed by atoms with Crippen LogP contribution in [0.4, 0.5) is 13.2 Å². The molecule has 0 spiro atoms. The molecular weight excluding hydrogens is 305 g/mol. The lowest BCUT2D eigenvalue weighted by Gasteiger charge is -2.31. The van der Waals surface area contributed by atoms with E-state index in [9.17, 15) is 18.3 Å². The third-order valence-electron chi connectivity index (χ3n) is 3.50. The summed E-state index contributed by atoms with van der Waals surface area (Å²) >= 11 is 5.57. The molecule has 1 heterocycles. The predicted octanol–water partition coefficient (Wildman–Crippen LogP) is 3.56. The number of halogens is 4. The third kappa shape index (κ3) is 2.87. The zero-order valence-electron chi connectivity index (χ0n) is 11.2. The van der Waals surface area contributed by atoms with Gasteiger partial charge in [-0.15, -0.1) is 0 Å². The Hall–Kier alpha value is -1.66. The highest BCUT2D eigenvalue weighted by molar-refractivity contribution is 6.29. The quantitative estimate of drug-likeness (QED) is 0.881. The predicted molar refractivity (Wildman–Crippen MR) is 71.3 cm³/mol. The van der Waals surface area contributed by atoms with Crippen LogP contribution in [0.3, 0.4) is 0 Å². The van der Waals surface area contributed by atoms with Crippen LogP contribution in [0.2, 0.25) is 5.15 Å². The van der Waals surface area contributed by atoms with Gasteiger partial charge in [0.05, 0.1) is 11.3 Å². The molecule has 2 aromatic rings. The number of hydrogen-bond acceptors (Lipinski definition) is 3. The SMILES string of the molecule is C[C@H](c1ncnc(Cl)c1F)[C@](C)(O)c1ccc(F)cc1F. The summed E-state index contributed by atoms with van der Waals surface area (Å²) in [6.07, 6.45) is 1.05. The molecular formula is C14H12ClF3N2O. The van der Waals surface area contributed by atoms with Crippen LogP contribution in [-0.2, 0) is 5.60 Å². The molecule has 0 saturated carbocycles. The van der Waals surface area contributed by atoms with E-state index in [4.69, 9.17) is 11.6 Å². The summed E-state index contributed by atoms with van der Waals surface area (Å²) in [6.45, 7) is 2.76. The minimum absolute atomic E-state index is 0.149. The molecule has 0 aliphatic carbocycles. The molecule has 7 heteroatoms. The van der Waals surface area contributed by atoms with E-state index < -0.39 is 29.0 Å². The first kappa shape index (κ1) is 15.7. The summed E-state index contributed by atoms with van der Waals surface area (Å²) in [6, 6.07) is 2.78. The molecule has 112 valence electrons. The average molecular weight is 317 g/mol. The van der Waals surface area contributed by atoms with Crippen molar-refractivity contribution in [1.29, 1.82) is 0 Å². The van der Waals surface area contributed by atoms with Crippen LogP contribution in [0, 0.1) is 17.5 Å². The van der Waals surface area contributed by atoms with Crippen LogP contribution >= 0.6 is 11.6 Å².